The number of carbonyl (C=O) groups is 1. The van der Waals surface area contributed by atoms with Crippen LogP contribution in [0.2, 0.25) is 5.02 Å². The van der Waals surface area contributed by atoms with Crippen molar-refractivity contribution in [3.63, 3.8) is 0 Å². The lowest BCUT2D eigenvalue weighted by atomic mass is 9.74. The van der Waals surface area contributed by atoms with E-state index in [1.165, 1.54) is 5.56 Å². The van der Waals surface area contributed by atoms with Crippen LogP contribution in [0.4, 0.5) is 0 Å². The molecule has 0 aliphatic carbocycles. The highest BCUT2D eigenvalue weighted by Crippen LogP contribution is 2.38. The summed E-state index contributed by atoms with van der Waals surface area (Å²) in [5.41, 5.74) is 1.91. The minimum absolute atomic E-state index is 0.0404. The number of hydrogen-bond donors (Lipinski definition) is 1. The van der Waals surface area contributed by atoms with E-state index in [1.807, 2.05) is 18.2 Å². The molecule has 0 atom stereocenters. The number of halogens is 2. The summed E-state index contributed by atoms with van der Waals surface area (Å²) in [5, 5.41) is 3.63. The van der Waals surface area contributed by atoms with E-state index >= 15 is 0 Å². The second kappa shape index (κ2) is 9.58. The zero-order valence-corrected chi connectivity index (χ0v) is 19.1. The van der Waals surface area contributed by atoms with E-state index < -0.39 is 0 Å². The number of nitrogens with one attached hydrogen (secondary N) is 1. The van der Waals surface area contributed by atoms with E-state index in [0.717, 1.165) is 29.3 Å². The summed E-state index contributed by atoms with van der Waals surface area (Å²) >= 11 is 9.93. The van der Waals surface area contributed by atoms with E-state index in [1.54, 1.807) is 6.07 Å². The first-order valence-electron chi connectivity index (χ1n) is 10.2. The van der Waals surface area contributed by atoms with Crippen molar-refractivity contribution in [2.24, 2.45) is 0 Å². The topological polar surface area (TPSA) is 56.8 Å². The fourth-order valence-corrected chi connectivity index (χ4v) is 4.74. The van der Waals surface area contributed by atoms with Crippen LogP contribution in [0, 0.1) is 0 Å². The summed E-state index contributed by atoms with van der Waals surface area (Å²) in [6.07, 6.45) is 2.79. The zero-order valence-electron chi connectivity index (χ0n) is 16.7. The Morgan fingerprint density at radius 1 is 1.10 bits per heavy atom. The predicted molar refractivity (Wildman–Crippen MR) is 120 cm³/mol. The molecule has 5 nitrogen and oxygen atoms in total. The van der Waals surface area contributed by atoms with Gasteiger partial charge in [0.1, 0.15) is 0 Å². The molecule has 7 heteroatoms. The van der Waals surface area contributed by atoms with Gasteiger partial charge in [-0.05, 0) is 48.2 Å². The molecular weight excluding hydrogens is 470 g/mol. The average molecular weight is 495 g/mol. The van der Waals surface area contributed by atoms with Crippen molar-refractivity contribution in [3.05, 3.63) is 57.0 Å². The van der Waals surface area contributed by atoms with Crippen molar-refractivity contribution in [2.75, 3.05) is 33.0 Å². The molecule has 1 amide bonds. The third-order valence-corrected chi connectivity index (χ3v) is 6.51. The number of carbonyl (C=O) groups excluding carboxylic acids is 1. The van der Waals surface area contributed by atoms with Gasteiger partial charge in [0, 0.05) is 36.1 Å². The number of hydrogen-bond acceptors (Lipinski definition) is 4. The van der Waals surface area contributed by atoms with Crippen LogP contribution in [-0.2, 0) is 21.4 Å². The van der Waals surface area contributed by atoms with Crippen LogP contribution < -0.4 is 14.8 Å². The summed E-state index contributed by atoms with van der Waals surface area (Å²) in [5.74, 6) is 1.13. The SMILES string of the molecule is O=C(Cc1cc(Cl)c2c(c1)OCCCO2)NCC1(c2cccc(Br)c2)CCOCC1. The summed E-state index contributed by atoms with van der Waals surface area (Å²) in [4.78, 5) is 12.8. The molecular formula is C23H25BrClNO4. The van der Waals surface area contributed by atoms with Crippen molar-refractivity contribution in [1.29, 1.82) is 0 Å². The lowest BCUT2D eigenvalue weighted by Gasteiger charge is -2.38. The van der Waals surface area contributed by atoms with Gasteiger partial charge in [0.2, 0.25) is 5.91 Å². The second-order valence-corrected chi connectivity index (χ2v) is 9.13. The minimum Gasteiger partial charge on any atom is -0.489 e. The van der Waals surface area contributed by atoms with Gasteiger partial charge in [0.25, 0.3) is 0 Å². The Hall–Kier alpha value is -1.76. The van der Waals surface area contributed by atoms with Crippen molar-refractivity contribution in [2.45, 2.75) is 31.1 Å². The fourth-order valence-electron chi connectivity index (χ4n) is 4.05. The minimum atomic E-state index is -0.125. The molecule has 1 fully saturated rings. The molecule has 1 N–H and O–H groups in total. The van der Waals surface area contributed by atoms with Crippen LogP contribution in [0.5, 0.6) is 11.5 Å². The van der Waals surface area contributed by atoms with E-state index in [2.05, 4.69) is 33.4 Å². The van der Waals surface area contributed by atoms with Crippen molar-refractivity contribution in [1.82, 2.24) is 5.32 Å². The normalized spacial score (nSPS) is 17.8. The van der Waals surface area contributed by atoms with Crippen LogP contribution >= 0.6 is 27.5 Å². The van der Waals surface area contributed by atoms with Crippen LogP contribution in [0.1, 0.15) is 30.4 Å². The summed E-state index contributed by atoms with van der Waals surface area (Å²) < 4.78 is 18.0. The highest BCUT2D eigenvalue weighted by Gasteiger charge is 2.35. The third kappa shape index (κ3) is 4.93. The number of rotatable bonds is 5. The Labute approximate surface area is 190 Å². The van der Waals surface area contributed by atoms with E-state index in [9.17, 15) is 4.79 Å². The molecule has 0 spiro atoms. The molecule has 0 unspecified atom stereocenters. The molecule has 30 heavy (non-hydrogen) atoms. The molecule has 2 aliphatic heterocycles. The van der Waals surface area contributed by atoms with Gasteiger partial charge < -0.3 is 19.5 Å². The molecule has 1 saturated heterocycles. The first-order valence-corrected chi connectivity index (χ1v) is 11.4. The van der Waals surface area contributed by atoms with Crippen LogP contribution in [-0.4, -0.2) is 38.9 Å². The number of benzene rings is 2. The lowest BCUT2D eigenvalue weighted by Crippen LogP contribution is -2.45. The number of fused-ring (bicyclic) bond motifs is 1. The van der Waals surface area contributed by atoms with Crippen molar-refractivity contribution >= 4 is 33.4 Å². The standard InChI is InChI=1S/C23H25BrClNO4/c24-18-4-1-3-17(14-18)23(5-9-28-10-6-23)15-26-21(27)13-16-11-19(25)22-20(12-16)29-7-2-8-30-22/h1,3-4,11-12,14H,2,5-10,13,15H2,(H,26,27). The Morgan fingerprint density at radius 2 is 1.90 bits per heavy atom. The smallest absolute Gasteiger partial charge is 0.224 e. The Morgan fingerprint density at radius 3 is 2.70 bits per heavy atom. The largest absolute Gasteiger partial charge is 0.489 e. The van der Waals surface area contributed by atoms with E-state index in [-0.39, 0.29) is 17.7 Å². The van der Waals surface area contributed by atoms with Crippen LogP contribution in [0.3, 0.4) is 0 Å². The number of ether oxygens (including phenoxy) is 3. The molecule has 160 valence electrons. The van der Waals surface area contributed by atoms with Crippen molar-refractivity contribution < 1.29 is 19.0 Å². The second-order valence-electron chi connectivity index (χ2n) is 7.81. The molecule has 2 heterocycles. The maximum Gasteiger partial charge on any atom is 0.224 e. The quantitative estimate of drug-likeness (QED) is 0.656. The molecule has 0 radical (unpaired) electrons. The Bertz CT molecular complexity index is 914. The van der Waals surface area contributed by atoms with Gasteiger partial charge in [0.15, 0.2) is 11.5 Å². The maximum atomic E-state index is 12.8. The van der Waals surface area contributed by atoms with Gasteiger partial charge in [-0.1, -0.05) is 39.7 Å². The summed E-state index contributed by atoms with van der Waals surface area (Å²) in [6, 6.07) is 12.0. The molecule has 0 saturated carbocycles. The number of amides is 1. The van der Waals surface area contributed by atoms with Gasteiger partial charge in [0.05, 0.1) is 24.7 Å². The molecule has 0 bridgehead atoms. The first kappa shape index (κ1) is 21.5. The van der Waals surface area contributed by atoms with Crippen LogP contribution in [0.25, 0.3) is 0 Å². The molecule has 2 aromatic carbocycles. The lowest BCUT2D eigenvalue weighted by molar-refractivity contribution is -0.120. The Balaban J connectivity index is 1.46. The van der Waals surface area contributed by atoms with E-state index in [4.69, 9.17) is 25.8 Å². The molecule has 2 aromatic rings. The van der Waals surface area contributed by atoms with Gasteiger partial charge in [-0.15, -0.1) is 0 Å². The van der Waals surface area contributed by atoms with Gasteiger partial charge in [-0.3, -0.25) is 4.79 Å². The van der Waals surface area contributed by atoms with Gasteiger partial charge in [-0.25, -0.2) is 0 Å². The molecule has 2 aliphatic rings. The fraction of sp³-hybridized carbons (Fsp3) is 0.435. The monoisotopic (exact) mass is 493 g/mol. The highest BCUT2D eigenvalue weighted by molar-refractivity contribution is 9.10. The van der Waals surface area contributed by atoms with Crippen molar-refractivity contribution in [3.8, 4) is 11.5 Å². The first-order chi connectivity index (χ1) is 14.6. The molecule has 0 aromatic heterocycles. The molecule has 4 rings (SSSR count). The van der Waals surface area contributed by atoms with Gasteiger partial charge >= 0.3 is 0 Å². The third-order valence-electron chi connectivity index (χ3n) is 5.74. The predicted octanol–water partition coefficient (Wildman–Crippen LogP) is 4.67. The highest BCUT2D eigenvalue weighted by atomic mass is 79.9. The van der Waals surface area contributed by atoms with Crippen LogP contribution in [0.15, 0.2) is 40.9 Å². The average Bonchev–Trinajstić information content (AvgIpc) is 2.99. The Kier molecular flexibility index (Phi) is 6.86. The zero-order chi connectivity index (χ0) is 21.0. The summed E-state index contributed by atoms with van der Waals surface area (Å²) in [6.45, 7) is 3.12. The van der Waals surface area contributed by atoms with E-state index in [0.29, 0.717) is 49.5 Å². The van der Waals surface area contributed by atoms with Gasteiger partial charge in [-0.2, -0.15) is 0 Å². The maximum absolute atomic E-state index is 12.8. The summed E-state index contributed by atoms with van der Waals surface area (Å²) in [7, 11) is 0.